The lowest BCUT2D eigenvalue weighted by Gasteiger charge is -2.20. The van der Waals surface area contributed by atoms with Gasteiger partial charge in [-0.1, -0.05) is 19.1 Å². The smallest absolute Gasteiger partial charge is 0.119 e. The SMILES string of the molecule is CCNC(C1=CCCO1)c1cccc(OCC)c1. The molecule has 0 amide bonds. The Hall–Kier alpha value is -1.48. The molecule has 0 fully saturated rings. The molecule has 0 bridgehead atoms. The van der Waals surface area contributed by atoms with Crippen LogP contribution in [0.5, 0.6) is 5.75 Å². The van der Waals surface area contributed by atoms with Gasteiger partial charge in [-0.2, -0.15) is 0 Å². The van der Waals surface area contributed by atoms with Crippen LogP contribution < -0.4 is 10.1 Å². The van der Waals surface area contributed by atoms with Crippen molar-refractivity contribution in [1.29, 1.82) is 0 Å². The zero-order valence-electron chi connectivity index (χ0n) is 11.1. The highest BCUT2D eigenvalue weighted by atomic mass is 16.5. The van der Waals surface area contributed by atoms with Gasteiger partial charge >= 0.3 is 0 Å². The zero-order chi connectivity index (χ0) is 12.8. The first-order valence-electron chi connectivity index (χ1n) is 6.64. The molecule has 1 unspecified atom stereocenters. The summed E-state index contributed by atoms with van der Waals surface area (Å²) in [5, 5.41) is 3.46. The minimum absolute atomic E-state index is 0.137. The van der Waals surface area contributed by atoms with Crippen LogP contribution in [0.3, 0.4) is 0 Å². The van der Waals surface area contributed by atoms with Gasteiger partial charge < -0.3 is 14.8 Å². The van der Waals surface area contributed by atoms with Crippen molar-refractivity contribution in [2.45, 2.75) is 26.3 Å². The van der Waals surface area contributed by atoms with E-state index in [4.69, 9.17) is 9.47 Å². The van der Waals surface area contributed by atoms with Crippen LogP contribution in [0.4, 0.5) is 0 Å². The molecule has 1 atom stereocenters. The van der Waals surface area contributed by atoms with E-state index >= 15 is 0 Å². The van der Waals surface area contributed by atoms with Crippen LogP contribution in [0, 0.1) is 0 Å². The lowest BCUT2D eigenvalue weighted by Crippen LogP contribution is -2.23. The third-order valence-electron chi connectivity index (χ3n) is 2.93. The van der Waals surface area contributed by atoms with Crippen molar-refractivity contribution in [2.24, 2.45) is 0 Å². The van der Waals surface area contributed by atoms with Crippen molar-refractivity contribution in [3.8, 4) is 5.75 Å². The minimum Gasteiger partial charge on any atom is -0.496 e. The number of hydrogen-bond donors (Lipinski definition) is 1. The average molecular weight is 247 g/mol. The van der Waals surface area contributed by atoms with E-state index in [1.54, 1.807) is 0 Å². The fraction of sp³-hybridized carbons (Fsp3) is 0.467. The molecule has 98 valence electrons. The first-order chi connectivity index (χ1) is 8.85. The van der Waals surface area contributed by atoms with Crippen molar-refractivity contribution < 1.29 is 9.47 Å². The lowest BCUT2D eigenvalue weighted by molar-refractivity contribution is 0.216. The van der Waals surface area contributed by atoms with Crippen LogP contribution in [0.25, 0.3) is 0 Å². The lowest BCUT2D eigenvalue weighted by atomic mass is 10.0. The van der Waals surface area contributed by atoms with Gasteiger partial charge in [0.1, 0.15) is 11.5 Å². The van der Waals surface area contributed by atoms with Gasteiger partial charge in [0, 0.05) is 6.42 Å². The summed E-state index contributed by atoms with van der Waals surface area (Å²) < 4.78 is 11.2. The Bertz CT molecular complexity index is 415. The fourth-order valence-electron chi connectivity index (χ4n) is 2.18. The molecule has 3 nitrogen and oxygen atoms in total. The van der Waals surface area contributed by atoms with Gasteiger partial charge in [0.05, 0.1) is 19.3 Å². The third-order valence-corrected chi connectivity index (χ3v) is 2.93. The number of likely N-dealkylation sites (N-methyl/N-ethyl adjacent to an activating group) is 1. The van der Waals surface area contributed by atoms with Crippen molar-refractivity contribution in [2.75, 3.05) is 19.8 Å². The Kier molecular flexibility index (Phi) is 4.65. The van der Waals surface area contributed by atoms with Crippen molar-refractivity contribution in [3.05, 3.63) is 41.7 Å². The molecule has 1 aliphatic rings. The zero-order valence-corrected chi connectivity index (χ0v) is 11.1. The first kappa shape index (κ1) is 13.0. The number of hydrogen-bond acceptors (Lipinski definition) is 3. The Balaban J connectivity index is 2.21. The van der Waals surface area contributed by atoms with Gasteiger partial charge in [-0.05, 0) is 37.2 Å². The van der Waals surface area contributed by atoms with Gasteiger partial charge in [-0.15, -0.1) is 0 Å². The van der Waals surface area contributed by atoms with Crippen LogP contribution >= 0.6 is 0 Å². The second kappa shape index (κ2) is 6.45. The standard InChI is InChI=1S/C15H21NO2/c1-3-16-15(14-9-6-10-18-14)12-7-5-8-13(11-12)17-4-2/h5,7-9,11,15-16H,3-4,6,10H2,1-2H3. The molecule has 2 rings (SSSR count). The van der Waals surface area contributed by atoms with E-state index in [0.717, 1.165) is 31.1 Å². The summed E-state index contributed by atoms with van der Waals surface area (Å²) in [6.07, 6.45) is 3.17. The number of ether oxygens (including phenoxy) is 2. The molecule has 0 aliphatic carbocycles. The monoisotopic (exact) mass is 247 g/mol. The molecule has 1 aromatic carbocycles. The number of benzene rings is 1. The fourth-order valence-corrected chi connectivity index (χ4v) is 2.18. The molecule has 18 heavy (non-hydrogen) atoms. The Morgan fingerprint density at radius 1 is 1.39 bits per heavy atom. The van der Waals surface area contributed by atoms with Crippen molar-refractivity contribution in [1.82, 2.24) is 5.32 Å². The Morgan fingerprint density at radius 2 is 2.28 bits per heavy atom. The van der Waals surface area contributed by atoms with Gasteiger partial charge in [-0.3, -0.25) is 0 Å². The topological polar surface area (TPSA) is 30.5 Å². The molecule has 1 N–H and O–H groups in total. The second-order valence-corrected chi connectivity index (χ2v) is 4.24. The molecule has 0 saturated heterocycles. The van der Waals surface area contributed by atoms with Crippen LogP contribution in [-0.2, 0) is 4.74 Å². The summed E-state index contributed by atoms with van der Waals surface area (Å²) in [6.45, 7) is 6.49. The number of rotatable bonds is 6. The van der Waals surface area contributed by atoms with Crippen LogP contribution in [0.15, 0.2) is 36.1 Å². The van der Waals surface area contributed by atoms with Gasteiger partial charge in [0.25, 0.3) is 0 Å². The highest BCUT2D eigenvalue weighted by Gasteiger charge is 2.20. The van der Waals surface area contributed by atoms with E-state index in [-0.39, 0.29) is 6.04 Å². The summed E-state index contributed by atoms with van der Waals surface area (Å²) in [5.74, 6) is 1.95. The van der Waals surface area contributed by atoms with E-state index in [1.165, 1.54) is 5.56 Å². The largest absolute Gasteiger partial charge is 0.496 e. The summed E-state index contributed by atoms with van der Waals surface area (Å²) in [4.78, 5) is 0. The Morgan fingerprint density at radius 3 is 2.94 bits per heavy atom. The van der Waals surface area contributed by atoms with Gasteiger partial charge in [-0.25, -0.2) is 0 Å². The summed E-state index contributed by atoms with van der Waals surface area (Å²) in [7, 11) is 0. The summed E-state index contributed by atoms with van der Waals surface area (Å²) >= 11 is 0. The molecule has 0 spiro atoms. The molecule has 0 aromatic heterocycles. The summed E-state index contributed by atoms with van der Waals surface area (Å²) in [5.41, 5.74) is 1.19. The van der Waals surface area contributed by atoms with Crippen molar-refractivity contribution >= 4 is 0 Å². The summed E-state index contributed by atoms with van der Waals surface area (Å²) in [6, 6.07) is 8.34. The molecule has 3 heteroatoms. The highest BCUT2D eigenvalue weighted by Crippen LogP contribution is 2.28. The predicted molar refractivity (Wildman–Crippen MR) is 72.7 cm³/mol. The molecule has 1 heterocycles. The maximum atomic E-state index is 5.68. The average Bonchev–Trinajstić information content (AvgIpc) is 2.90. The third kappa shape index (κ3) is 3.05. The molecule has 1 aliphatic heterocycles. The molecule has 0 saturated carbocycles. The van der Waals surface area contributed by atoms with Crippen molar-refractivity contribution in [3.63, 3.8) is 0 Å². The van der Waals surface area contributed by atoms with Crippen LogP contribution in [0.2, 0.25) is 0 Å². The second-order valence-electron chi connectivity index (χ2n) is 4.24. The van der Waals surface area contributed by atoms with Gasteiger partial charge in [0.15, 0.2) is 0 Å². The van der Waals surface area contributed by atoms with E-state index in [2.05, 4.69) is 30.4 Å². The molecule has 1 aromatic rings. The normalized spacial score (nSPS) is 16.0. The van der Waals surface area contributed by atoms with E-state index in [0.29, 0.717) is 6.61 Å². The van der Waals surface area contributed by atoms with Crippen LogP contribution in [-0.4, -0.2) is 19.8 Å². The highest BCUT2D eigenvalue weighted by molar-refractivity contribution is 5.34. The van der Waals surface area contributed by atoms with E-state index in [1.807, 2.05) is 19.1 Å². The molecular formula is C15H21NO2. The number of nitrogens with one attached hydrogen (secondary N) is 1. The van der Waals surface area contributed by atoms with E-state index < -0.39 is 0 Å². The first-order valence-corrected chi connectivity index (χ1v) is 6.64. The predicted octanol–water partition coefficient (Wildman–Crippen LogP) is 3.04. The molecule has 0 radical (unpaired) electrons. The van der Waals surface area contributed by atoms with E-state index in [9.17, 15) is 0 Å². The molecular weight excluding hydrogens is 226 g/mol. The minimum atomic E-state index is 0.137. The Labute approximate surface area is 109 Å². The quantitative estimate of drug-likeness (QED) is 0.838. The maximum absolute atomic E-state index is 5.68. The van der Waals surface area contributed by atoms with Crippen LogP contribution in [0.1, 0.15) is 31.9 Å². The maximum Gasteiger partial charge on any atom is 0.119 e. The van der Waals surface area contributed by atoms with Gasteiger partial charge in [0.2, 0.25) is 0 Å².